The Kier molecular flexibility index (Phi) is 6.47. The SMILES string of the molecule is Cc1nnc2n1CCN(Cc1cccc(COc3ccc(C(C#N)CC(=O)O)cc3)c1)C2. The monoisotopic (exact) mass is 431 g/mol. The maximum atomic E-state index is 10.9. The number of hydrogen-bond donors (Lipinski definition) is 1. The third-order valence-corrected chi connectivity index (χ3v) is 5.64. The van der Waals surface area contributed by atoms with Crippen molar-refractivity contribution in [3.63, 3.8) is 0 Å². The Labute approximate surface area is 186 Å². The minimum absolute atomic E-state index is 0.210. The van der Waals surface area contributed by atoms with Crippen molar-refractivity contribution in [3.8, 4) is 11.8 Å². The van der Waals surface area contributed by atoms with Gasteiger partial charge in [0.2, 0.25) is 0 Å². The minimum Gasteiger partial charge on any atom is -0.489 e. The van der Waals surface area contributed by atoms with Crippen molar-refractivity contribution in [2.75, 3.05) is 6.54 Å². The lowest BCUT2D eigenvalue weighted by molar-refractivity contribution is -0.137. The Bertz CT molecular complexity index is 1130. The van der Waals surface area contributed by atoms with Gasteiger partial charge in [0.1, 0.15) is 24.0 Å². The minimum atomic E-state index is -0.988. The van der Waals surface area contributed by atoms with E-state index in [2.05, 4.69) is 31.8 Å². The van der Waals surface area contributed by atoms with Gasteiger partial charge in [-0.1, -0.05) is 36.4 Å². The van der Waals surface area contributed by atoms with Gasteiger partial charge in [-0.25, -0.2) is 0 Å². The molecule has 8 heteroatoms. The normalized spacial score (nSPS) is 14.4. The average Bonchev–Trinajstić information content (AvgIpc) is 3.16. The molecule has 1 aliphatic heterocycles. The van der Waals surface area contributed by atoms with E-state index >= 15 is 0 Å². The highest BCUT2D eigenvalue weighted by Crippen LogP contribution is 2.23. The number of ether oxygens (including phenoxy) is 1. The lowest BCUT2D eigenvalue weighted by Gasteiger charge is -2.27. The zero-order chi connectivity index (χ0) is 22.5. The molecule has 0 spiro atoms. The highest BCUT2D eigenvalue weighted by Gasteiger charge is 2.19. The molecule has 3 aromatic rings. The molecule has 0 aliphatic carbocycles. The van der Waals surface area contributed by atoms with Crippen molar-refractivity contribution in [2.24, 2.45) is 0 Å². The van der Waals surface area contributed by atoms with E-state index in [1.54, 1.807) is 24.3 Å². The maximum absolute atomic E-state index is 10.9. The van der Waals surface area contributed by atoms with Crippen LogP contribution in [-0.2, 0) is 31.0 Å². The largest absolute Gasteiger partial charge is 0.489 e. The number of benzene rings is 2. The molecule has 1 unspecified atom stereocenters. The summed E-state index contributed by atoms with van der Waals surface area (Å²) in [4.78, 5) is 13.3. The fourth-order valence-electron chi connectivity index (χ4n) is 3.94. The molecule has 2 heterocycles. The van der Waals surface area contributed by atoms with Crippen molar-refractivity contribution < 1.29 is 14.6 Å². The van der Waals surface area contributed by atoms with Crippen molar-refractivity contribution in [3.05, 3.63) is 76.9 Å². The lowest BCUT2D eigenvalue weighted by atomic mass is 9.97. The summed E-state index contributed by atoms with van der Waals surface area (Å²) in [5.41, 5.74) is 2.97. The van der Waals surface area contributed by atoms with Crippen LogP contribution in [-0.4, -0.2) is 37.3 Å². The summed E-state index contributed by atoms with van der Waals surface area (Å²) in [6, 6.07) is 17.4. The lowest BCUT2D eigenvalue weighted by Crippen LogP contribution is -2.33. The van der Waals surface area contributed by atoms with Gasteiger partial charge in [-0.15, -0.1) is 10.2 Å². The van der Waals surface area contributed by atoms with Crippen LogP contribution in [0.25, 0.3) is 0 Å². The number of fused-ring (bicyclic) bond motifs is 1. The second-order valence-electron chi connectivity index (χ2n) is 7.98. The van der Waals surface area contributed by atoms with E-state index in [-0.39, 0.29) is 6.42 Å². The van der Waals surface area contributed by atoms with Crippen LogP contribution in [0.5, 0.6) is 5.75 Å². The summed E-state index contributed by atoms with van der Waals surface area (Å²) < 4.78 is 8.07. The molecule has 2 aromatic carbocycles. The maximum Gasteiger partial charge on any atom is 0.305 e. The average molecular weight is 431 g/mol. The van der Waals surface area contributed by atoms with Gasteiger partial charge in [-0.3, -0.25) is 9.69 Å². The Morgan fingerprint density at radius 3 is 2.72 bits per heavy atom. The first kappa shape index (κ1) is 21.5. The van der Waals surface area contributed by atoms with Crippen molar-refractivity contribution in [1.82, 2.24) is 19.7 Å². The van der Waals surface area contributed by atoms with Crippen LogP contribution in [0.4, 0.5) is 0 Å². The van der Waals surface area contributed by atoms with Gasteiger partial charge in [0, 0.05) is 19.6 Å². The predicted molar refractivity (Wildman–Crippen MR) is 117 cm³/mol. The summed E-state index contributed by atoms with van der Waals surface area (Å²) in [5.74, 6) is 1.01. The number of carboxylic acids is 1. The molecule has 0 fully saturated rings. The molecular formula is C24H25N5O3. The second kappa shape index (κ2) is 9.62. The second-order valence-corrected chi connectivity index (χ2v) is 7.98. The molecule has 164 valence electrons. The van der Waals surface area contributed by atoms with E-state index in [9.17, 15) is 10.1 Å². The summed E-state index contributed by atoms with van der Waals surface area (Å²) in [5, 5.41) is 26.5. The molecule has 32 heavy (non-hydrogen) atoms. The molecule has 0 radical (unpaired) electrons. The third kappa shape index (κ3) is 5.13. The molecule has 0 amide bonds. The molecule has 8 nitrogen and oxygen atoms in total. The molecule has 0 saturated carbocycles. The molecule has 1 atom stereocenters. The van der Waals surface area contributed by atoms with Crippen molar-refractivity contribution in [2.45, 2.75) is 45.5 Å². The van der Waals surface area contributed by atoms with Gasteiger partial charge in [-0.2, -0.15) is 5.26 Å². The van der Waals surface area contributed by atoms with Crippen LogP contribution < -0.4 is 4.74 Å². The van der Waals surface area contributed by atoms with Crippen molar-refractivity contribution in [1.29, 1.82) is 5.26 Å². The van der Waals surface area contributed by atoms with Crippen molar-refractivity contribution >= 4 is 5.97 Å². The number of nitrogens with zero attached hydrogens (tertiary/aromatic N) is 5. The number of carboxylic acid groups (broad SMARTS) is 1. The highest BCUT2D eigenvalue weighted by molar-refractivity contribution is 5.68. The number of aryl methyl sites for hydroxylation is 1. The molecule has 0 saturated heterocycles. The number of carbonyl (C=O) groups is 1. The predicted octanol–water partition coefficient (Wildman–Crippen LogP) is 3.26. The molecule has 0 bridgehead atoms. The Morgan fingerprint density at radius 1 is 1.19 bits per heavy atom. The van der Waals surface area contributed by atoms with E-state index in [4.69, 9.17) is 9.84 Å². The van der Waals surface area contributed by atoms with E-state index in [1.165, 1.54) is 5.56 Å². The topological polar surface area (TPSA) is 104 Å². The summed E-state index contributed by atoms with van der Waals surface area (Å²) in [7, 11) is 0. The molecule has 4 rings (SSSR count). The Hall–Kier alpha value is -3.70. The van der Waals surface area contributed by atoms with Crippen LogP contribution in [0.3, 0.4) is 0 Å². The number of rotatable bonds is 8. The number of nitriles is 1. The van der Waals surface area contributed by atoms with Crippen LogP contribution in [0.1, 0.15) is 40.7 Å². The van der Waals surface area contributed by atoms with Gasteiger partial charge in [0.15, 0.2) is 0 Å². The van der Waals surface area contributed by atoms with E-state index in [0.29, 0.717) is 17.9 Å². The smallest absolute Gasteiger partial charge is 0.305 e. The van der Waals surface area contributed by atoms with Crippen LogP contribution in [0.2, 0.25) is 0 Å². The van der Waals surface area contributed by atoms with Crippen LogP contribution in [0, 0.1) is 18.3 Å². The van der Waals surface area contributed by atoms with Gasteiger partial charge < -0.3 is 14.4 Å². The van der Waals surface area contributed by atoms with E-state index in [1.807, 2.05) is 25.1 Å². The molecule has 1 N–H and O–H groups in total. The summed E-state index contributed by atoms with van der Waals surface area (Å²) >= 11 is 0. The quantitative estimate of drug-likeness (QED) is 0.584. The first-order chi connectivity index (χ1) is 15.5. The summed E-state index contributed by atoms with van der Waals surface area (Å²) in [6.45, 7) is 5.92. The van der Waals surface area contributed by atoms with Crippen LogP contribution >= 0.6 is 0 Å². The molecule has 1 aromatic heterocycles. The standard InChI is InChI=1S/C24H25N5O3/c1-17-26-27-23-15-28(9-10-29(17)23)14-18-3-2-4-19(11-18)16-32-22-7-5-20(6-8-22)21(13-25)12-24(30)31/h2-8,11,21H,9-10,12,14-16H2,1H3,(H,30,31). The van der Waals surface area contributed by atoms with E-state index < -0.39 is 11.9 Å². The molecule has 1 aliphatic rings. The zero-order valence-electron chi connectivity index (χ0n) is 17.9. The number of aromatic nitrogens is 3. The number of hydrogen-bond acceptors (Lipinski definition) is 6. The summed E-state index contributed by atoms with van der Waals surface area (Å²) in [6.07, 6.45) is -0.210. The Balaban J connectivity index is 1.33. The third-order valence-electron chi connectivity index (χ3n) is 5.64. The van der Waals surface area contributed by atoms with Gasteiger partial charge in [0.05, 0.1) is 25.0 Å². The van der Waals surface area contributed by atoms with Gasteiger partial charge in [-0.05, 0) is 35.7 Å². The number of aliphatic carboxylic acids is 1. The van der Waals surface area contributed by atoms with Gasteiger partial charge >= 0.3 is 5.97 Å². The first-order valence-electron chi connectivity index (χ1n) is 10.5. The first-order valence-corrected chi connectivity index (χ1v) is 10.5. The zero-order valence-corrected chi connectivity index (χ0v) is 17.9. The van der Waals surface area contributed by atoms with Crippen LogP contribution in [0.15, 0.2) is 48.5 Å². The highest BCUT2D eigenvalue weighted by atomic mass is 16.5. The fraction of sp³-hybridized carbons (Fsp3) is 0.333. The fourth-order valence-corrected chi connectivity index (χ4v) is 3.94. The van der Waals surface area contributed by atoms with E-state index in [0.717, 1.165) is 43.4 Å². The Morgan fingerprint density at radius 2 is 1.97 bits per heavy atom. The molecular weight excluding hydrogens is 406 g/mol. The van der Waals surface area contributed by atoms with Gasteiger partial charge in [0.25, 0.3) is 0 Å².